The zero-order valence-electron chi connectivity index (χ0n) is 5.54. The van der Waals surface area contributed by atoms with E-state index in [1.54, 1.807) is 0 Å². The molecular weight excluding hydrogens is 117 g/mol. The summed E-state index contributed by atoms with van der Waals surface area (Å²) in [5, 5.41) is 20.6. The van der Waals surface area contributed by atoms with E-state index < -0.39 is 7.12 Å². The molecule has 0 radical (unpaired) electrons. The highest BCUT2D eigenvalue weighted by molar-refractivity contribution is 6.43. The van der Waals surface area contributed by atoms with E-state index in [1.807, 2.05) is 6.92 Å². The van der Waals surface area contributed by atoms with Crippen LogP contribution in [-0.2, 0) is 0 Å². The van der Waals surface area contributed by atoms with Crippen LogP contribution in [0.15, 0.2) is 0 Å². The van der Waals surface area contributed by atoms with Gasteiger partial charge in [0.2, 0.25) is 0 Å². The minimum absolute atomic E-state index is 0.0324. The molecule has 0 bridgehead atoms. The standard InChI is InChI=1S/C5H12BNO2/c1-4-2-7-3-5(4)6(8)9/h4-5,7-9H,2-3H2,1H3/t4-,5-/m1/s1. The number of nitrogens with one attached hydrogen (secondary N) is 1. The fourth-order valence-electron chi connectivity index (χ4n) is 1.23. The Bertz CT molecular complexity index is 99.0. The molecule has 3 N–H and O–H groups in total. The second-order valence-electron chi connectivity index (χ2n) is 2.71. The summed E-state index contributed by atoms with van der Waals surface area (Å²) in [6.45, 7) is 3.66. The lowest BCUT2D eigenvalue weighted by molar-refractivity contribution is 0.373. The molecule has 0 aromatic heterocycles. The minimum Gasteiger partial charge on any atom is -0.427 e. The summed E-state index contributed by atoms with van der Waals surface area (Å²) in [6, 6.07) is 0. The highest BCUT2D eigenvalue weighted by Crippen LogP contribution is 2.22. The van der Waals surface area contributed by atoms with Gasteiger partial charge in [0, 0.05) is 5.82 Å². The van der Waals surface area contributed by atoms with Gasteiger partial charge < -0.3 is 15.4 Å². The maximum Gasteiger partial charge on any atom is 0.456 e. The summed E-state index contributed by atoms with van der Waals surface area (Å²) in [5.74, 6) is 0.426. The molecular formula is C5H12BNO2. The molecule has 52 valence electrons. The first-order chi connectivity index (χ1) is 4.22. The van der Waals surface area contributed by atoms with Crippen molar-refractivity contribution in [2.45, 2.75) is 12.7 Å². The average molecular weight is 129 g/mol. The highest BCUT2D eigenvalue weighted by atomic mass is 16.4. The lowest BCUT2D eigenvalue weighted by Crippen LogP contribution is -2.25. The van der Waals surface area contributed by atoms with Gasteiger partial charge in [-0.25, -0.2) is 0 Å². The van der Waals surface area contributed by atoms with Crippen LogP contribution < -0.4 is 5.32 Å². The van der Waals surface area contributed by atoms with Gasteiger partial charge in [-0.2, -0.15) is 0 Å². The molecule has 0 aliphatic carbocycles. The first kappa shape index (κ1) is 7.06. The molecule has 1 aliphatic heterocycles. The van der Waals surface area contributed by atoms with Crippen LogP contribution >= 0.6 is 0 Å². The van der Waals surface area contributed by atoms with E-state index in [0.29, 0.717) is 5.92 Å². The second kappa shape index (κ2) is 2.69. The van der Waals surface area contributed by atoms with Crippen molar-refractivity contribution in [3.63, 3.8) is 0 Å². The smallest absolute Gasteiger partial charge is 0.427 e. The maximum atomic E-state index is 8.74. The molecule has 1 saturated heterocycles. The summed E-state index contributed by atoms with van der Waals surface area (Å²) in [7, 11) is -1.14. The third kappa shape index (κ3) is 1.44. The van der Waals surface area contributed by atoms with Gasteiger partial charge in [-0.1, -0.05) is 6.92 Å². The Morgan fingerprint density at radius 3 is 2.33 bits per heavy atom. The van der Waals surface area contributed by atoms with Crippen LogP contribution in [-0.4, -0.2) is 30.3 Å². The van der Waals surface area contributed by atoms with Crippen LogP contribution in [0.1, 0.15) is 6.92 Å². The van der Waals surface area contributed by atoms with Gasteiger partial charge in [0.1, 0.15) is 0 Å². The van der Waals surface area contributed by atoms with Crippen molar-refractivity contribution in [1.82, 2.24) is 5.32 Å². The quantitative estimate of drug-likeness (QED) is 0.401. The van der Waals surface area contributed by atoms with Crippen molar-refractivity contribution < 1.29 is 10.0 Å². The van der Waals surface area contributed by atoms with Crippen molar-refractivity contribution in [1.29, 1.82) is 0 Å². The Hall–Kier alpha value is -0.0551. The van der Waals surface area contributed by atoms with E-state index in [4.69, 9.17) is 10.0 Å². The third-order valence-corrected chi connectivity index (χ3v) is 1.96. The number of rotatable bonds is 1. The van der Waals surface area contributed by atoms with Crippen LogP contribution in [0.4, 0.5) is 0 Å². The van der Waals surface area contributed by atoms with Gasteiger partial charge in [0.15, 0.2) is 0 Å². The Morgan fingerprint density at radius 1 is 1.44 bits per heavy atom. The SMILES string of the molecule is C[C@@H]1CNC[C@H]1B(O)O. The molecule has 3 nitrogen and oxygen atoms in total. The van der Waals surface area contributed by atoms with Gasteiger partial charge in [0.05, 0.1) is 0 Å². The Balaban J connectivity index is 2.40. The van der Waals surface area contributed by atoms with E-state index in [9.17, 15) is 0 Å². The fraction of sp³-hybridized carbons (Fsp3) is 1.00. The largest absolute Gasteiger partial charge is 0.456 e. The normalized spacial score (nSPS) is 35.0. The molecule has 0 spiro atoms. The Labute approximate surface area is 55.2 Å². The Morgan fingerprint density at radius 2 is 2.11 bits per heavy atom. The molecule has 4 heteroatoms. The first-order valence-corrected chi connectivity index (χ1v) is 3.28. The van der Waals surface area contributed by atoms with Crippen molar-refractivity contribution in [3.8, 4) is 0 Å². The zero-order chi connectivity index (χ0) is 6.85. The molecule has 1 rings (SSSR count). The van der Waals surface area contributed by atoms with Gasteiger partial charge in [-0.05, 0) is 19.0 Å². The van der Waals surface area contributed by atoms with Gasteiger partial charge in [0.25, 0.3) is 0 Å². The predicted molar refractivity (Wildman–Crippen MR) is 36.0 cm³/mol. The fourth-order valence-corrected chi connectivity index (χ4v) is 1.23. The lowest BCUT2D eigenvalue weighted by atomic mass is 9.68. The van der Waals surface area contributed by atoms with Crippen LogP contribution in [0.2, 0.25) is 5.82 Å². The lowest BCUT2D eigenvalue weighted by Gasteiger charge is -2.10. The summed E-state index contributed by atoms with van der Waals surface area (Å²) < 4.78 is 0. The molecule has 2 atom stereocenters. The van der Waals surface area contributed by atoms with Crippen LogP contribution in [0.3, 0.4) is 0 Å². The topological polar surface area (TPSA) is 52.5 Å². The summed E-state index contributed by atoms with van der Waals surface area (Å²) in [5.41, 5.74) is 0. The monoisotopic (exact) mass is 129 g/mol. The van der Waals surface area contributed by atoms with Crippen molar-refractivity contribution in [2.75, 3.05) is 13.1 Å². The van der Waals surface area contributed by atoms with Crippen molar-refractivity contribution >= 4 is 7.12 Å². The molecule has 1 heterocycles. The van der Waals surface area contributed by atoms with Gasteiger partial charge in [-0.3, -0.25) is 0 Å². The zero-order valence-corrected chi connectivity index (χ0v) is 5.54. The maximum absolute atomic E-state index is 8.74. The highest BCUT2D eigenvalue weighted by Gasteiger charge is 2.32. The minimum atomic E-state index is -1.14. The molecule has 9 heavy (non-hydrogen) atoms. The molecule has 0 unspecified atom stereocenters. The number of hydrogen-bond donors (Lipinski definition) is 3. The Kier molecular flexibility index (Phi) is 2.11. The van der Waals surface area contributed by atoms with Crippen LogP contribution in [0.25, 0.3) is 0 Å². The van der Waals surface area contributed by atoms with Crippen molar-refractivity contribution in [2.24, 2.45) is 5.92 Å². The molecule has 0 amide bonds. The van der Waals surface area contributed by atoms with Gasteiger partial charge >= 0.3 is 7.12 Å². The third-order valence-electron chi connectivity index (χ3n) is 1.96. The van der Waals surface area contributed by atoms with E-state index in [1.165, 1.54) is 0 Å². The summed E-state index contributed by atoms with van der Waals surface area (Å²) in [6.07, 6.45) is 0. The molecule has 0 aromatic rings. The number of hydrogen-bond acceptors (Lipinski definition) is 3. The average Bonchev–Trinajstić information content (AvgIpc) is 2.13. The van der Waals surface area contributed by atoms with Crippen LogP contribution in [0.5, 0.6) is 0 Å². The molecule has 0 aromatic carbocycles. The summed E-state index contributed by atoms with van der Waals surface area (Å²) >= 11 is 0. The second-order valence-corrected chi connectivity index (χ2v) is 2.71. The first-order valence-electron chi connectivity index (χ1n) is 3.28. The van der Waals surface area contributed by atoms with E-state index in [-0.39, 0.29) is 5.82 Å². The van der Waals surface area contributed by atoms with E-state index in [2.05, 4.69) is 5.32 Å². The van der Waals surface area contributed by atoms with Gasteiger partial charge in [-0.15, -0.1) is 0 Å². The summed E-state index contributed by atoms with van der Waals surface area (Å²) in [4.78, 5) is 0. The molecule has 1 fully saturated rings. The van der Waals surface area contributed by atoms with E-state index in [0.717, 1.165) is 13.1 Å². The van der Waals surface area contributed by atoms with Crippen molar-refractivity contribution in [3.05, 3.63) is 0 Å². The van der Waals surface area contributed by atoms with Crippen LogP contribution in [0, 0.1) is 5.92 Å². The predicted octanol–water partition coefficient (Wildman–Crippen LogP) is -0.931. The molecule has 0 saturated carbocycles. The van der Waals surface area contributed by atoms with E-state index >= 15 is 0 Å². The molecule has 1 aliphatic rings.